The molecule has 0 aliphatic carbocycles. The van der Waals surface area contributed by atoms with Crippen LogP contribution < -0.4 is 5.32 Å². The molecule has 2 amide bonds. The largest absolute Gasteiger partial charge is 0.354 e. The number of aromatic nitrogens is 2. The standard InChI is InChI=1S/C12H18N4O2/c1-2-16-8-10(7-11(16)17)12(18)14-4-6-15-5-3-13-9-15/h3,5,9-10H,2,4,6-8H2,1H3,(H,14,18)/t10-/m0/s1. The summed E-state index contributed by atoms with van der Waals surface area (Å²) in [5.74, 6) is -0.146. The number of hydrogen-bond acceptors (Lipinski definition) is 3. The summed E-state index contributed by atoms with van der Waals surface area (Å²) in [4.78, 5) is 29.0. The molecule has 1 N–H and O–H groups in total. The van der Waals surface area contributed by atoms with Gasteiger partial charge in [0.1, 0.15) is 0 Å². The summed E-state index contributed by atoms with van der Waals surface area (Å²) >= 11 is 0. The number of carbonyl (C=O) groups is 2. The molecular weight excluding hydrogens is 232 g/mol. The smallest absolute Gasteiger partial charge is 0.225 e. The highest BCUT2D eigenvalue weighted by atomic mass is 16.2. The molecule has 2 heterocycles. The van der Waals surface area contributed by atoms with Gasteiger partial charge in [-0.3, -0.25) is 9.59 Å². The Bertz CT molecular complexity index is 416. The van der Waals surface area contributed by atoms with Crippen molar-refractivity contribution in [1.82, 2.24) is 19.8 Å². The van der Waals surface area contributed by atoms with Gasteiger partial charge >= 0.3 is 0 Å². The average Bonchev–Trinajstić information content (AvgIpc) is 2.98. The second kappa shape index (κ2) is 5.66. The molecule has 1 aliphatic heterocycles. The quantitative estimate of drug-likeness (QED) is 0.791. The number of amides is 2. The molecule has 1 aromatic rings. The van der Waals surface area contributed by atoms with Crippen LogP contribution in [0.3, 0.4) is 0 Å². The van der Waals surface area contributed by atoms with Crippen molar-refractivity contribution in [2.24, 2.45) is 5.92 Å². The van der Waals surface area contributed by atoms with E-state index in [0.717, 1.165) is 0 Å². The first kappa shape index (κ1) is 12.6. The summed E-state index contributed by atoms with van der Waals surface area (Å²) in [5, 5.41) is 2.86. The Morgan fingerprint density at radius 1 is 1.61 bits per heavy atom. The first-order chi connectivity index (χ1) is 8.70. The van der Waals surface area contributed by atoms with E-state index in [-0.39, 0.29) is 17.7 Å². The molecule has 1 aromatic heterocycles. The summed E-state index contributed by atoms with van der Waals surface area (Å²) in [6.45, 7) is 4.41. The average molecular weight is 250 g/mol. The minimum absolute atomic E-state index is 0.0283. The lowest BCUT2D eigenvalue weighted by atomic mass is 10.1. The summed E-state index contributed by atoms with van der Waals surface area (Å²) < 4.78 is 1.90. The van der Waals surface area contributed by atoms with E-state index in [2.05, 4.69) is 10.3 Å². The molecule has 0 radical (unpaired) electrons. The summed E-state index contributed by atoms with van der Waals surface area (Å²) in [7, 11) is 0. The number of rotatable bonds is 5. The lowest BCUT2D eigenvalue weighted by Crippen LogP contribution is -2.34. The molecule has 1 atom stereocenters. The van der Waals surface area contributed by atoms with Gasteiger partial charge in [0.2, 0.25) is 11.8 Å². The molecule has 1 aliphatic rings. The number of hydrogen-bond donors (Lipinski definition) is 1. The maximum atomic E-state index is 11.9. The minimum Gasteiger partial charge on any atom is -0.354 e. The Labute approximate surface area is 106 Å². The van der Waals surface area contributed by atoms with E-state index in [4.69, 9.17) is 0 Å². The van der Waals surface area contributed by atoms with Crippen LogP contribution in [0, 0.1) is 5.92 Å². The summed E-state index contributed by atoms with van der Waals surface area (Å²) in [6.07, 6.45) is 5.61. The van der Waals surface area contributed by atoms with E-state index in [1.165, 1.54) is 0 Å². The van der Waals surface area contributed by atoms with E-state index in [0.29, 0.717) is 32.6 Å². The Morgan fingerprint density at radius 2 is 2.44 bits per heavy atom. The van der Waals surface area contributed by atoms with Crippen LogP contribution in [0.5, 0.6) is 0 Å². The van der Waals surface area contributed by atoms with Crippen LogP contribution in [0.1, 0.15) is 13.3 Å². The fraction of sp³-hybridized carbons (Fsp3) is 0.583. The first-order valence-corrected chi connectivity index (χ1v) is 6.22. The molecule has 0 bridgehead atoms. The molecule has 0 spiro atoms. The second-order valence-electron chi connectivity index (χ2n) is 4.42. The summed E-state index contributed by atoms with van der Waals surface area (Å²) in [5.41, 5.74) is 0. The summed E-state index contributed by atoms with van der Waals surface area (Å²) in [6, 6.07) is 0. The monoisotopic (exact) mass is 250 g/mol. The zero-order valence-electron chi connectivity index (χ0n) is 10.5. The van der Waals surface area contributed by atoms with Gasteiger partial charge < -0.3 is 14.8 Å². The van der Waals surface area contributed by atoms with Gasteiger partial charge in [-0.25, -0.2) is 4.98 Å². The van der Waals surface area contributed by atoms with Crippen LogP contribution in [0.2, 0.25) is 0 Å². The van der Waals surface area contributed by atoms with E-state index < -0.39 is 0 Å². The third kappa shape index (κ3) is 2.88. The molecule has 6 heteroatoms. The van der Waals surface area contributed by atoms with Gasteiger partial charge in [-0.1, -0.05) is 0 Å². The first-order valence-electron chi connectivity index (χ1n) is 6.22. The van der Waals surface area contributed by atoms with Crippen LogP contribution in [0.4, 0.5) is 0 Å². The highest BCUT2D eigenvalue weighted by molar-refractivity contribution is 5.89. The van der Waals surface area contributed by atoms with E-state index in [9.17, 15) is 9.59 Å². The van der Waals surface area contributed by atoms with Crippen LogP contribution in [0.25, 0.3) is 0 Å². The van der Waals surface area contributed by atoms with Crippen molar-refractivity contribution in [2.45, 2.75) is 19.9 Å². The third-order valence-corrected chi connectivity index (χ3v) is 3.20. The molecule has 1 saturated heterocycles. The third-order valence-electron chi connectivity index (χ3n) is 3.20. The van der Waals surface area contributed by atoms with Crippen molar-refractivity contribution in [2.75, 3.05) is 19.6 Å². The van der Waals surface area contributed by atoms with Gasteiger partial charge in [-0.05, 0) is 6.92 Å². The number of likely N-dealkylation sites (tertiary alicyclic amines) is 1. The molecule has 6 nitrogen and oxygen atoms in total. The fourth-order valence-electron chi connectivity index (χ4n) is 2.12. The zero-order chi connectivity index (χ0) is 13.0. The topological polar surface area (TPSA) is 67.2 Å². The Balaban J connectivity index is 1.74. The fourth-order valence-corrected chi connectivity index (χ4v) is 2.12. The Morgan fingerprint density at radius 3 is 3.06 bits per heavy atom. The minimum atomic E-state index is -0.194. The number of carbonyl (C=O) groups excluding carboxylic acids is 2. The molecule has 0 saturated carbocycles. The SMILES string of the molecule is CCN1C[C@@H](C(=O)NCCn2ccnc2)CC1=O. The molecule has 98 valence electrons. The molecule has 0 aromatic carbocycles. The number of imidazole rings is 1. The van der Waals surface area contributed by atoms with Gasteiger partial charge in [-0.2, -0.15) is 0 Å². The van der Waals surface area contributed by atoms with Gasteiger partial charge in [0, 0.05) is 45.0 Å². The predicted molar refractivity (Wildman–Crippen MR) is 65.6 cm³/mol. The number of nitrogens with one attached hydrogen (secondary N) is 1. The lowest BCUT2D eigenvalue weighted by Gasteiger charge is -2.13. The zero-order valence-corrected chi connectivity index (χ0v) is 10.5. The Hall–Kier alpha value is -1.85. The molecular formula is C12H18N4O2. The van der Waals surface area contributed by atoms with Crippen LogP contribution >= 0.6 is 0 Å². The van der Waals surface area contributed by atoms with Gasteiger partial charge in [0.05, 0.1) is 12.2 Å². The lowest BCUT2D eigenvalue weighted by molar-refractivity contribution is -0.128. The van der Waals surface area contributed by atoms with E-state index in [1.807, 2.05) is 17.7 Å². The van der Waals surface area contributed by atoms with Crippen LogP contribution in [-0.2, 0) is 16.1 Å². The Kier molecular flexibility index (Phi) is 3.96. The van der Waals surface area contributed by atoms with E-state index in [1.54, 1.807) is 17.4 Å². The van der Waals surface area contributed by atoms with Gasteiger partial charge in [0.15, 0.2) is 0 Å². The highest BCUT2D eigenvalue weighted by Crippen LogP contribution is 2.17. The van der Waals surface area contributed by atoms with Crippen molar-refractivity contribution < 1.29 is 9.59 Å². The van der Waals surface area contributed by atoms with Gasteiger partial charge in [0.25, 0.3) is 0 Å². The second-order valence-corrected chi connectivity index (χ2v) is 4.42. The molecule has 2 rings (SSSR count). The van der Waals surface area contributed by atoms with Crippen LogP contribution in [0.15, 0.2) is 18.7 Å². The van der Waals surface area contributed by atoms with Crippen molar-refractivity contribution >= 4 is 11.8 Å². The highest BCUT2D eigenvalue weighted by Gasteiger charge is 2.32. The van der Waals surface area contributed by atoms with Crippen molar-refractivity contribution in [1.29, 1.82) is 0 Å². The molecule has 1 fully saturated rings. The van der Waals surface area contributed by atoms with Crippen molar-refractivity contribution in [3.05, 3.63) is 18.7 Å². The normalized spacial score (nSPS) is 19.3. The molecule has 0 unspecified atom stereocenters. The molecule has 18 heavy (non-hydrogen) atoms. The van der Waals surface area contributed by atoms with Crippen molar-refractivity contribution in [3.63, 3.8) is 0 Å². The van der Waals surface area contributed by atoms with Crippen molar-refractivity contribution in [3.8, 4) is 0 Å². The maximum Gasteiger partial charge on any atom is 0.225 e. The van der Waals surface area contributed by atoms with E-state index >= 15 is 0 Å². The maximum absolute atomic E-state index is 11.9. The predicted octanol–water partition coefficient (Wildman–Crippen LogP) is -0.132. The number of nitrogens with zero attached hydrogens (tertiary/aromatic N) is 3. The van der Waals surface area contributed by atoms with Crippen LogP contribution in [-0.4, -0.2) is 45.9 Å². The van der Waals surface area contributed by atoms with Gasteiger partial charge in [-0.15, -0.1) is 0 Å².